The zero-order chi connectivity index (χ0) is 18.3. The second-order valence-corrected chi connectivity index (χ2v) is 6.98. The van der Waals surface area contributed by atoms with E-state index in [2.05, 4.69) is 15.1 Å². The molecule has 1 amide bonds. The van der Waals surface area contributed by atoms with E-state index in [0.717, 1.165) is 47.6 Å². The minimum atomic E-state index is -0.594. The average molecular weight is 353 g/mol. The lowest BCUT2D eigenvalue weighted by Gasteiger charge is -2.20. The van der Waals surface area contributed by atoms with Crippen LogP contribution in [0.3, 0.4) is 0 Å². The predicted molar refractivity (Wildman–Crippen MR) is 97.4 cm³/mol. The zero-order valence-corrected chi connectivity index (χ0v) is 15.1. The lowest BCUT2D eigenvalue weighted by molar-refractivity contribution is -0.131. The van der Waals surface area contributed by atoms with E-state index in [1.807, 2.05) is 40.8 Å². The first-order valence-electron chi connectivity index (χ1n) is 8.97. The fraction of sp³-hybridized carbons (Fsp3) is 0.421. The first kappa shape index (κ1) is 16.8. The van der Waals surface area contributed by atoms with E-state index in [1.165, 1.54) is 0 Å². The molecule has 3 aromatic rings. The van der Waals surface area contributed by atoms with Gasteiger partial charge in [0.05, 0.1) is 41.5 Å². The van der Waals surface area contributed by atoms with E-state index >= 15 is 0 Å². The molecule has 0 aliphatic carbocycles. The number of fused-ring (bicyclic) bond motifs is 2. The molecule has 0 fully saturated rings. The number of carbonyl (C=O) groups is 1. The molecule has 1 atom stereocenters. The van der Waals surface area contributed by atoms with Crippen molar-refractivity contribution in [2.45, 2.75) is 45.9 Å². The zero-order valence-electron chi connectivity index (χ0n) is 15.1. The van der Waals surface area contributed by atoms with Crippen molar-refractivity contribution in [3.05, 3.63) is 47.0 Å². The van der Waals surface area contributed by atoms with Crippen LogP contribution < -0.4 is 0 Å². The molecule has 3 heterocycles. The van der Waals surface area contributed by atoms with Crippen molar-refractivity contribution >= 4 is 16.9 Å². The number of rotatable bonds is 3. The Hall–Kier alpha value is -2.67. The summed E-state index contributed by atoms with van der Waals surface area (Å²) in [5.74, 6) is 0.979. The van der Waals surface area contributed by atoms with E-state index < -0.39 is 6.10 Å². The van der Waals surface area contributed by atoms with Gasteiger partial charge in [0.25, 0.3) is 0 Å². The van der Waals surface area contributed by atoms with Gasteiger partial charge < -0.3 is 15.0 Å². The Morgan fingerprint density at radius 3 is 3.00 bits per heavy atom. The quantitative estimate of drug-likeness (QED) is 0.755. The number of aliphatic hydroxyl groups excluding tert-OH is 1. The molecule has 7 heteroatoms. The van der Waals surface area contributed by atoms with Crippen LogP contribution in [0.5, 0.6) is 0 Å². The highest BCUT2D eigenvalue weighted by Gasteiger charge is 2.21. The molecular weight excluding hydrogens is 330 g/mol. The Bertz CT molecular complexity index is 956. The predicted octanol–water partition coefficient (Wildman–Crippen LogP) is 2.10. The van der Waals surface area contributed by atoms with E-state index in [0.29, 0.717) is 18.7 Å². The second kappa shape index (κ2) is 6.57. The summed E-state index contributed by atoms with van der Waals surface area (Å²) in [6, 6.07) is 7.82. The van der Waals surface area contributed by atoms with Gasteiger partial charge in [-0.2, -0.15) is 5.10 Å². The van der Waals surface area contributed by atoms with E-state index in [4.69, 9.17) is 0 Å². The highest BCUT2D eigenvalue weighted by atomic mass is 16.3. The lowest BCUT2D eigenvalue weighted by Crippen LogP contribution is -2.32. The Balaban J connectivity index is 1.51. The number of carbonyl (C=O) groups excluding carboxylic acids is 1. The van der Waals surface area contributed by atoms with E-state index in [-0.39, 0.29) is 5.91 Å². The van der Waals surface area contributed by atoms with Crippen LogP contribution in [0.15, 0.2) is 24.3 Å². The van der Waals surface area contributed by atoms with Gasteiger partial charge in [-0.15, -0.1) is 0 Å². The third-order valence-electron chi connectivity index (χ3n) is 4.83. The first-order chi connectivity index (χ1) is 12.5. The molecule has 7 nitrogen and oxygen atoms in total. The highest BCUT2D eigenvalue weighted by molar-refractivity contribution is 5.81. The van der Waals surface area contributed by atoms with Crippen molar-refractivity contribution in [1.29, 1.82) is 0 Å². The van der Waals surface area contributed by atoms with Gasteiger partial charge in [0, 0.05) is 13.1 Å². The third kappa shape index (κ3) is 3.22. The standard InChI is InChI=1S/C19H23N5O2/c1-12(25)17-10-15-11-23(6-3-7-24(15)22-17)19(26)9-14-4-5-16-18(8-14)21-13(2)20-16/h4-5,8,10,12,25H,3,6-7,9,11H2,1-2H3,(H,20,21)/t12-/m0/s1. The van der Waals surface area contributed by atoms with Crippen LogP contribution in [0.25, 0.3) is 11.0 Å². The normalized spacial score (nSPS) is 15.7. The SMILES string of the molecule is Cc1nc2ccc(CC(=O)N3CCCn4nc([C@H](C)O)cc4C3)cc2[nH]1. The van der Waals surface area contributed by atoms with Gasteiger partial charge in [-0.1, -0.05) is 6.07 Å². The third-order valence-corrected chi connectivity index (χ3v) is 4.83. The largest absolute Gasteiger partial charge is 0.387 e. The molecule has 0 saturated carbocycles. The number of aromatic amines is 1. The number of hydrogen-bond donors (Lipinski definition) is 2. The molecule has 0 bridgehead atoms. The van der Waals surface area contributed by atoms with Crippen molar-refractivity contribution in [3.63, 3.8) is 0 Å². The van der Waals surface area contributed by atoms with E-state index in [1.54, 1.807) is 6.92 Å². The molecule has 1 aliphatic heterocycles. The van der Waals surface area contributed by atoms with Crippen LogP contribution in [0.2, 0.25) is 0 Å². The number of nitrogens with zero attached hydrogens (tertiary/aromatic N) is 4. The van der Waals surface area contributed by atoms with Gasteiger partial charge in [-0.25, -0.2) is 4.98 Å². The molecule has 2 aromatic heterocycles. The minimum Gasteiger partial charge on any atom is -0.387 e. The van der Waals surface area contributed by atoms with Crippen molar-refractivity contribution in [1.82, 2.24) is 24.6 Å². The van der Waals surface area contributed by atoms with Gasteiger partial charge in [0.15, 0.2) is 0 Å². The molecule has 0 saturated heterocycles. The fourth-order valence-corrected chi connectivity index (χ4v) is 3.48. The maximum atomic E-state index is 12.8. The van der Waals surface area contributed by atoms with Crippen LogP contribution >= 0.6 is 0 Å². The summed E-state index contributed by atoms with van der Waals surface area (Å²) in [5.41, 5.74) is 4.50. The van der Waals surface area contributed by atoms with E-state index in [9.17, 15) is 9.90 Å². The number of imidazole rings is 1. The van der Waals surface area contributed by atoms with Crippen LogP contribution in [0.1, 0.15) is 42.2 Å². The van der Waals surface area contributed by atoms with Crippen LogP contribution in [0, 0.1) is 6.92 Å². The molecule has 136 valence electrons. The molecule has 26 heavy (non-hydrogen) atoms. The Morgan fingerprint density at radius 2 is 2.19 bits per heavy atom. The van der Waals surface area contributed by atoms with Crippen molar-refractivity contribution < 1.29 is 9.90 Å². The number of aliphatic hydroxyl groups is 1. The molecule has 0 radical (unpaired) electrons. The second-order valence-electron chi connectivity index (χ2n) is 6.98. The fourth-order valence-electron chi connectivity index (χ4n) is 3.48. The number of H-pyrrole nitrogens is 1. The van der Waals surface area contributed by atoms with Crippen molar-refractivity contribution in [3.8, 4) is 0 Å². The molecule has 0 unspecified atom stereocenters. The summed E-state index contributed by atoms with van der Waals surface area (Å²) < 4.78 is 1.91. The number of benzene rings is 1. The average Bonchev–Trinajstić information content (AvgIpc) is 3.10. The number of aryl methyl sites for hydroxylation is 2. The summed E-state index contributed by atoms with van der Waals surface area (Å²) in [4.78, 5) is 22.3. The number of nitrogens with one attached hydrogen (secondary N) is 1. The maximum absolute atomic E-state index is 12.8. The minimum absolute atomic E-state index is 0.105. The van der Waals surface area contributed by atoms with Gasteiger partial charge in [0.2, 0.25) is 5.91 Å². The first-order valence-corrected chi connectivity index (χ1v) is 8.97. The van der Waals surface area contributed by atoms with Crippen molar-refractivity contribution in [2.24, 2.45) is 0 Å². The van der Waals surface area contributed by atoms with Crippen LogP contribution in [-0.2, 0) is 24.3 Å². The molecule has 0 spiro atoms. The summed E-state index contributed by atoms with van der Waals surface area (Å²) in [6.45, 7) is 5.65. The number of aromatic nitrogens is 4. The number of hydrogen-bond acceptors (Lipinski definition) is 4. The Morgan fingerprint density at radius 1 is 1.35 bits per heavy atom. The topological polar surface area (TPSA) is 87.0 Å². The molecule has 1 aromatic carbocycles. The molecule has 2 N–H and O–H groups in total. The molecule has 1 aliphatic rings. The van der Waals surface area contributed by atoms with Crippen LogP contribution in [0.4, 0.5) is 0 Å². The molecular formula is C19H23N5O2. The Labute approximate surface area is 151 Å². The summed E-state index contributed by atoms with van der Waals surface area (Å²) in [7, 11) is 0. The van der Waals surface area contributed by atoms with Crippen LogP contribution in [-0.4, -0.2) is 42.2 Å². The van der Waals surface area contributed by atoms with Gasteiger partial charge in [-0.05, 0) is 44.0 Å². The summed E-state index contributed by atoms with van der Waals surface area (Å²) in [5, 5.41) is 14.2. The van der Waals surface area contributed by atoms with Crippen molar-refractivity contribution in [2.75, 3.05) is 6.54 Å². The molecule has 4 rings (SSSR count). The summed E-state index contributed by atoms with van der Waals surface area (Å²) in [6.07, 6.45) is 0.632. The van der Waals surface area contributed by atoms with Gasteiger partial charge >= 0.3 is 0 Å². The summed E-state index contributed by atoms with van der Waals surface area (Å²) >= 11 is 0. The Kier molecular flexibility index (Phi) is 4.24. The monoisotopic (exact) mass is 353 g/mol. The lowest BCUT2D eigenvalue weighted by atomic mass is 10.1. The maximum Gasteiger partial charge on any atom is 0.227 e. The van der Waals surface area contributed by atoms with Gasteiger partial charge in [-0.3, -0.25) is 9.48 Å². The highest BCUT2D eigenvalue weighted by Crippen LogP contribution is 2.19. The smallest absolute Gasteiger partial charge is 0.227 e. The number of amides is 1. The van der Waals surface area contributed by atoms with Gasteiger partial charge in [0.1, 0.15) is 5.82 Å².